The number of hydrogen-bond acceptors (Lipinski definition) is 4. The SMILES string of the molecule is C=CCN(Cc1ccc(C(=O)NC2CCN(C)CC2)cc1)S(=O)(=O)c1ccc(C)cc1. The zero-order chi connectivity index (χ0) is 22.4. The first-order valence-electron chi connectivity index (χ1n) is 10.6. The summed E-state index contributed by atoms with van der Waals surface area (Å²) in [6, 6.07) is 14.1. The average Bonchev–Trinajstić information content (AvgIpc) is 2.76. The summed E-state index contributed by atoms with van der Waals surface area (Å²) < 4.78 is 27.5. The van der Waals surface area contributed by atoms with Gasteiger partial charge in [-0.05, 0) is 69.7 Å². The minimum Gasteiger partial charge on any atom is -0.349 e. The van der Waals surface area contributed by atoms with Gasteiger partial charge in [0.25, 0.3) is 5.91 Å². The fraction of sp³-hybridized carbons (Fsp3) is 0.375. The molecule has 1 aliphatic heterocycles. The van der Waals surface area contributed by atoms with Crippen molar-refractivity contribution in [2.75, 3.05) is 26.7 Å². The molecule has 1 amide bonds. The molecule has 0 radical (unpaired) electrons. The van der Waals surface area contributed by atoms with Crippen LogP contribution < -0.4 is 5.32 Å². The number of aryl methyl sites for hydroxylation is 1. The number of carbonyl (C=O) groups is 1. The van der Waals surface area contributed by atoms with Gasteiger partial charge in [-0.25, -0.2) is 8.42 Å². The summed E-state index contributed by atoms with van der Waals surface area (Å²) in [5.41, 5.74) is 2.40. The maximum absolute atomic E-state index is 13.1. The number of benzene rings is 2. The van der Waals surface area contributed by atoms with Gasteiger partial charge in [0.05, 0.1) is 4.90 Å². The Balaban J connectivity index is 1.68. The highest BCUT2D eigenvalue weighted by Crippen LogP contribution is 2.19. The van der Waals surface area contributed by atoms with Crippen molar-refractivity contribution in [3.63, 3.8) is 0 Å². The third-order valence-corrected chi connectivity index (χ3v) is 7.45. The van der Waals surface area contributed by atoms with Gasteiger partial charge in [-0.2, -0.15) is 4.31 Å². The minimum atomic E-state index is -3.65. The van der Waals surface area contributed by atoms with Crippen LogP contribution in [-0.2, 0) is 16.6 Å². The van der Waals surface area contributed by atoms with Crippen LogP contribution in [-0.4, -0.2) is 56.3 Å². The summed E-state index contributed by atoms with van der Waals surface area (Å²) in [6.07, 6.45) is 3.48. The first kappa shape index (κ1) is 23.2. The molecule has 1 N–H and O–H groups in total. The molecule has 0 aromatic heterocycles. The molecule has 6 nitrogen and oxygen atoms in total. The summed E-state index contributed by atoms with van der Waals surface area (Å²) in [7, 11) is -1.56. The van der Waals surface area contributed by atoms with Gasteiger partial charge in [-0.1, -0.05) is 35.9 Å². The quantitative estimate of drug-likeness (QED) is 0.639. The maximum Gasteiger partial charge on any atom is 0.251 e. The van der Waals surface area contributed by atoms with Crippen molar-refractivity contribution in [3.8, 4) is 0 Å². The van der Waals surface area contributed by atoms with Crippen LogP contribution in [0.1, 0.15) is 34.3 Å². The van der Waals surface area contributed by atoms with Crippen LogP contribution in [0, 0.1) is 6.92 Å². The second-order valence-electron chi connectivity index (χ2n) is 8.15. The predicted molar refractivity (Wildman–Crippen MR) is 123 cm³/mol. The molecule has 0 bridgehead atoms. The van der Waals surface area contributed by atoms with Gasteiger partial charge in [-0.3, -0.25) is 4.79 Å². The second kappa shape index (κ2) is 10.2. The maximum atomic E-state index is 13.1. The van der Waals surface area contributed by atoms with Crippen LogP contribution in [0.4, 0.5) is 0 Å². The van der Waals surface area contributed by atoms with Crippen molar-refractivity contribution in [3.05, 3.63) is 77.9 Å². The summed E-state index contributed by atoms with van der Waals surface area (Å²) >= 11 is 0. The molecule has 166 valence electrons. The Kier molecular flexibility index (Phi) is 7.64. The topological polar surface area (TPSA) is 69.7 Å². The Morgan fingerprint density at radius 3 is 2.32 bits per heavy atom. The van der Waals surface area contributed by atoms with Gasteiger partial charge < -0.3 is 10.2 Å². The Hall–Kier alpha value is -2.48. The van der Waals surface area contributed by atoms with Crippen LogP contribution in [0.25, 0.3) is 0 Å². The lowest BCUT2D eigenvalue weighted by atomic mass is 10.0. The molecule has 3 rings (SSSR count). The molecule has 0 saturated carbocycles. The molecule has 31 heavy (non-hydrogen) atoms. The first-order chi connectivity index (χ1) is 14.8. The molecule has 1 aliphatic rings. The van der Waals surface area contributed by atoms with Crippen LogP contribution in [0.15, 0.2) is 66.1 Å². The van der Waals surface area contributed by atoms with E-state index in [9.17, 15) is 13.2 Å². The van der Waals surface area contributed by atoms with Gasteiger partial charge in [-0.15, -0.1) is 6.58 Å². The number of sulfonamides is 1. The lowest BCUT2D eigenvalue weighted by molar-refractivity contribution is 0.0917. The highest BCUT2D eigenvalue weighted by atomic mass is 32.2. The van der Waals surface area contributed by atoms with E-state index in [0.29, 0.717) is 5.56 Å². The Morgan fingerprint density at radius 2 is 1.74 bits per heavy atom. The third-order valence-electron chi connectivity index (χ3n) is 5.62. The molecule has 2 aromatic carbocycles. The number of nitrogens with zero attached hydrogens (tertiary/aromatic N) is 2. The Bertz CT molecular complexity index is 993. The van der Waals surface area contributed by atoms with Gasteiger partial charge in [0, 0.05) is 24.7 Å². The zero-order valence-corrected chi connectivity index (χ0v) is 19.1. The van der Waals surface area contributed by atoms with Crippen molar-refractivity contribution in [1.82, 2.24) is 14.5 Å². The molecular weight excluding hydrogens is 410 g/mol. The van der Waals surface area contributed by atoms with Gasteiger partial charge >= 0.3 is 0 Å². The molecule has 0 spiro atoms. The Morgan fingerprint density at radius 1 is 1.13 bits per heavy atom. The van der Waals surface area contributed by atoms with Gasteiger partial charge in [0.2, 0.25) is 10.0 Å². The molecule has 1 saturated heterocycles. The minimum absolute atomic E-state index is 0.0867. The Labute approximate surface area is 185 Å². The van der Waals surface area contributed by atoms with Gasteiger partial charge in [0.1, 0.15) is 0 Å². The number of nitrogens with one attached hydrogen (secondary N) is 1. The molecule has 0 atom stereocenters. The first-order valence-corrected chi connectivity index (χ1v) is 12.0. The third kappa shape index (κ3) is 6.03. The molecule has 0 unspecified atom stereocenters. The van der Waals surface area contributed by atoms with E-state index in [0.717, 1.165) is 37.1 Å². The highest BCUT2D eigenvalue weighted by molar-refractivity contribution is 7.89. The van der Waals surface area contributed by atoms with E-state index in [2.05, 4.69) is 23.8 Å². The number of hydrogen-bond donors (Lipinski definition) is 1. The zero-order valence-electron chi connectivity index (χ0n) is 18.3. The largest absolute Gasteiger partial charge is 0.349 e. The normalized spacial score (nSPS) is 15.7. The van der Waals surface area contributed by atoms with Crippen molar-refractivity contribution >= 4 is 15.9 Å². The van der Waals surface area contributed by atoms with Crippen LogP contribution >= 0.6 is 0 Å². The lowest BCUT2D eigenvalue weighted by Crippen LogP contribution is -2.43. The number of amides is 1. The van der Waals surface area contributed by atoms with Crippen molar-refractivity contribution < 1.29 is 13.2 Å². The van der Waals surface area contributed by atoms with Gasteiger partial charge in [0.15, 0.2) is 0 Å². The van der Waals surface area contributed by atoms with Crippen molar-refractivity contribution in [2.24, 2.45) is 0 Å². The highest BCUT2D eigenvalue weighted by Gasteiger charge is 2.24. The standard InChI is InChI=1S/C24H31N3O3S/c1-4-15-27(31(29,30)23-11-5-19(2)6-12-23)18-20-7-9-21(10-8-20)24(28)25-22-13-16-26(3)17-14-22/h4-12,22H,1,13-18H2,2-3H3,(H,25,28). The van der Waals surface area contributed by atoms with E-state index in [1.165, 1.54) is 4.31 Å². The molecule has 1 fully saturated rings. The number of piperidine rings is 1. The predicted octanol–water partition coefficient (Wildman–Crippen LogP) is 3.20. The second-order valence-corrected chi connectivity index (χ2v) is 10.1. The monoisotopic (exact) mass is 441 g/mol. The van der Waals surface area contributed by atoms with E-state index in [4.69, 9.17) is 0 Å². The number of likely N-dealkylation sites (tertiary alicyclic amines) is 1. The molecule has 0 aliphatic carbocycles. The average molecular weight is 442 g/mol. The number of rotatable bonds is 8. The summed E-state index contributed by atoms with van der Waals surface area (Å²) in [4.78, 5) is 15.1. The summed E-state index contributed by atoms with van der Waals surface area (Å²) in [5.74, 6) is -0.0867. The van der Waals surface area contributed by atoms with Crippen LogP contribution in [0.3, 0.4) is 0 Å². The molecular formula is C24H31N3O3S. The molecule has 1 heterocycles. The van der Waals surface area contributed by atoms with E-state index in [-0.39, 0.29) is 29.9 Å². The smallest absolute Gasteiger partial charge is 0.251 e. The van der Waals surface area contributed by atoms with Crippen LogP contribution in [0.5, 0.6) is 0 Å². The fourth-order valence-electron chi connectivity index (χ4n) is 3.64. The molecule has 7 heteroatoms. The van der Waals surface area contributed by atoms with E-state index in [1.54, 1.807) is 42.5 Å². The van der Waals surface area contributed by atoms with E-state index in [1.807, 2.05) is 19.1 Å². The lowest BCUT2D eigenvalue weighted by Gasteiger charge is -2.29. The van der Waals surface area contributed by atoms with Crippen LogP contribution in [0.2, 0.25) is 0 Å². The molecule has 2 aromatic rings. The van der Waals surface area contributed by atoms with E-state index < -0.39 is 10.0 Å². The number of carbonyl (C=O) groups excluding carboxylic acids is 1. The summed E-state index contributed by atoms with van der Waals surface area (Å²) in [5, 5.41) is 3.10. The summed E-state index contributed by atoms with van der Waals surface area (Å²) in [6.45, 7) is 8.00. The fourth-order valence-corrected chi connectivity index (χ4v) is 5.04. The van der Waals surface area contributed by atoms with Crippen molar-refractivity contribution in [1.29, 1.82) is 0 Å². The van der Waals surface area contributed by atoms with Crippen molar-refractivity contribution in [2.45, 2.75) is 37.2 Å². The van der Waals surface area contributed by atoms with E-state index >= 15 is 0 Å².